The quantitative estimate of drug-likeness (QED) is 0.760. The molecule has 1 rings (SSSR count). The Kier molecular flexibility index (Phi) is 6.49. The van der Waals surface area contributed by atoms with Crippen molar-refractivity contribution in [2.45, 2.75) is 39.3 Å². The number of carbonyl (C=O) groups is 2. The zero-order valence-corrected chi connectivity index (χ0v) is 11.4. The van der Waals surface area contributed by atoms with Gasteiger partial charge in [0, 0.05) is 19.1 Å². The number of halogens is 1. The number of nitrogens with one attached hydrogen (secondary N) is 1. The van der Waals surface area contributed by atoms with E-state index in [4.69, 9.17) is 5.73 Å². The van der Waals surface area contributed by atoms with Crippen molar-refractivity contribution in [3.05, 3.63) is 0 Å². The first-order chi connectivity index (χ1) is 7.49. The van der Waals surface area contributed by atoms with Crippen LogP contribution < -0.4 is 11.1 Å². The highest BCUT2D eigenvalue weighted by molar-refractivity contribution is 5.89. The van der Waals surface area contributed by atoms with Crippen molar-refractivity contribution in [2.75, 3.05) is 13.1 Å². The summed E-state index contributed by atoms with van der Waals surface area (Å²) >= 11 is 0. The van der Waals surface area contributed by atoms with Crippen LogP contribution in [0.4, 0.5) is 0 Å². The lowest BCUT2D eigenvalue weighted by Crippen LogP contribution is -2.59. The lowest BCUT2D eigenvalue weighted by Gasteiger charge is -2.36. The molecule has 1 fully saturated rings. The molecule has 5 nitrogen and oxygen atoms in total. The van der Waals surface area contributed by atoms with Crippen molar-refractivity contribution < 1.29 is 9.59 Å². The van der Waals surface area contributed by atoms with E-state index in [1.165, 1.54) is 0 Å². The van der Waals surface area contributed by atoms with Crippen LogP contribution in [0.1, 0.15) is 27.2 Å². The van der Waals surface area contributed by atoms with Crippen LogP contribution in [0.25, 0.3) is 0 Å². The third-order valence-corrected chi connectivity index (χ3v) is 3.18. The van der Waals surface area contributed by atoms with Gasteiger partial charge in [-0.05, 0) is 13.3 Å². The van der Waals surface area contributed by atoms with E-state index in [1.807, 2.05) is 20.8 Å². The smallest absolute Gasteiger partial charge is 0.242 e. The first-order valence-electron chi connectivity index (χ1n) is 5.82. The Balaban J connectivity index is 0.00000256. The number of carbonyl (C=O) groups excluding carboxylic acids is 2. The molecule has 6 heteroatoms. The molecule has 100 valence electrons. The first-order valence-corrected chi connectivity index (χ1v) is 5.82. The average molecular weight is 264 g/mol. The standard InChI is InChI=1S/C11H21N3O2.ClH/c1-4-9-10(15)13-5-6-14(9)11(16)7(2)8(3)12;/h7-9H,4-6,12H2,1-3H3,(H,13,15);1H. The second-order valence-corrected chi connectivity index (χ2v) is 4.39. The van der Waals surface area contributed by atoms with Crippen LogP contribution in [0.2, 0.25) is 0 Å². The van der Waals surface area contributed by atoms with Crippen molar-refractivity contribution in [3.8, 4) is 0 Å². The van der Waals surface area contributed by atoms with Gasteiger partial charge >= 0.3 is 0 Å². The number of nitrogens with zero attached hydrogens (tertiary/aromatic N) is 1. The average Bonchev–Trinajstić information content (AvgIpc) is 2.26. The molecule has 0 aromatic heterocycles. The highest BCUT2D eigenvalue weighted by atomic mass is 35.5. The summed E-state index contributed by atoms with van der Waals surface area (Å²) in [6.07, 6.45) is 0.642. The molecular formula is C11H22ClN3O2. The third kappa shape index (κ3) is 3.57. The van der Waals surface area contributed by atoms with E-state index in [2.05, 4.69) is 5.32 Å². The van der Waals surface area contributed by atoms with E-state index in [0.717, 1.165) is 0 Å². The predicted molar refractivity (Wildman–Crippen MR) is 68.9 cm³/mol. The molecular weight excluding hydrogens is 242 g/mol. The van der Waals surface area contributed by atoms with E-state index in [0.29, 0.717) is 19.5 Å². The number of nitrogens with two attached hydrogens (primary N) is 1. The Morgan fingerprint density at radius 1 is 1.59 bits per heavy atom. The maximum absolute atomic E-state index is 12.1. The van der Waals surface area contributed by atoms with Gasteiger partial charge in [-0.15, -0.1) is 12.4 Å². The largest absolute Gasteiger partial charge is 0.353 e. The zero-order valence-electron chi connectivity index (χ0n) is 10.6. The molecule has 2 amide bonds. The second kappa shape index (κ2) is 6.81. The molecule has 0 spiro atoms. The van der Waals surface area contributed by atoms with Crippen LogP contribution in [-0.4, -0.2) is 41.9 Å². The Morgan fingerprint density at radius 3 is 2.65 bits per heavy atom. The van der Waals surface area contributed by atoms with Gasteiger partial charge in [-0.2, -0.15) is 0 Å². The number of rotatable bonds is 3. The van der Waals surface area contributed by atoms with Crippen molar-refractivity contribution in [2.24, 2.45) is 11.7 Å². The SMILES string of the molecule is CCC1C(=O)NCCN1C(=O)C(C)C(C)N.Cl. The van der Waals surface area contributed by atoms with Crippen LogP contribution >= 0.6 is 12.4 Å². The fraction of sp³-hybridized carbons (Fsp3) is 0.818. The molecule has 0 aromatic carbocycles. The Bertz CT molecular complexity index is 284. The lowest BCUT2D eigenvalue weighted by molar-refractivity contribution is -0.146. The molecule has 3 atom stereocenters. The minimum absolute atomic E-state index is 0. The first kappa shape index (κ1) is 16.2. The fourth-order valence-corrected chi connectivity index (χ4v) is 1.87. The Labute approximate surface area is 109 Å². The van der Waals surface area contributed by atoms with Gasteiger partial charge in [-0.1, -0.05) is 13.8 Å². The minimum atomic E-state index is -0.331. The fourth-order valence-electron chi connectivity index (χ4n) is 1.87. The molecule has 3 unspecified atom stereocenters. The van der Waals surface area contributed by atoms with Gasteiger partial charge in [0.1, 0.15) is 6.04 Å². The molecule has 0 aliphatic carbocycles. The van der Waals surface area contributed by atoms with Crippen molar-refractivity contribution in [3.63, 3.8) is 0 Å². The normalized spacial score (nSPS) is 23.4. The van der Waals surface area contributed by atoms with Gasteiger partial charge in [-0.3, -0.25) is 9.59 Å². The Hall–Kier alpha value is -0.810. The summed E-state index contributed by atoms with van der Waals surface area (Å²) < 4.78 is 0. The van der Waals surface area contributed by atoms with Crippen LogP contribution in [0.15, 0.2) is 0 Å². The molecule has 0 radical (unpaired) electrons. The van der Waals surface area contributed by atoms with Crippen LogP contribution in [0.3, 0.4) is 0 Å². The summed E-state index contributed by atoms with van der Waals surface area (Å²) in [4.78, 5) is 25.4. The number of amides is 2. The molecule has 0 bridgehead atoms. The number of hydrogen-bond donors (Lipinski definition) is 2. The van der Waals surface area contributed by atoms with E-state index in [1.54, 1.807) is 4.90 Å². The summed E-state index contributed by atoms with van der Waals surface area (Å²) in [6.45, 7) is 6.65. The van der Waals surface area contributed by atoms with Gasteiger partial charge in [-0.25, -0.2) is 0 Å². The topological polar surface area (TPSA) is 75.4 Å². The zero-order chi connectivity index (χ0) is 12.3. The van der Waals surface area contributed by atoms with Crippen LogP contribution in [0, 0.1) is 5.92 Å². The molecule has 1 aliphatic heterocycles. The van der Waals surface area contributed by atoms with Gasteiger partial charge < -0.3 is 16.0 Å². The van der Waals surface area contributed by atoms with E-state index >= 15 is 0 Å². The Morgan fingerprint density at radius 2 is 2.18 bits per heavy atom. The summed E-state index contributed by atoms with van der Waals surface area (Å²) in [7, 11) is 0. The summed E-state index contributed by atoms with van der Waals surface area (Å²) in [6, 6.07) is -0.516. The highest BCUT2D eigenvalue weighted by Gasteiger charge is 2.34. The summed E-state index contributed by atoms with van der Waals surface area (Å²) in [5.41, 5.74) is 5.72. The summed E-state index contributed by atoms with van der Waals surface area (Å²) in [5, 5.41) is 2.77. The third-order valence-electron chi connectivity index (χ3n) is 3.18. The molecule has 1 aliphatic rings. The maximum Gasteiger partial charge on any atom is 0.242 e. The van der Waals surface area contributed by atoms with Gasteiger partial charge in [0.05, 0.1) is 5.92 Å². The van der Waals surface area contributed by atoms with Crippen LogP contribution in [0.5, 0.6) is 0 Å². The highest BCUT2D eigenvalue weighted by Crippen LogP contribution is 2.14. The lowest BCUT2D eigenvalue weighted by atomic mass is 10.00. The second-order valence-electron chi connectivity index (χ2n) is 4.39. The van der Waals surface area contributed by atoms with Gasteiger partial charge in [0.15, 0.2) is 0 Å². The van der Waals surface area contributed by atoms with Gasteiger partial charge in [0.25, 0.3) is 0 Å². The van der Waals surface area contributed by atoms with Gasteiger partial charge in [0.2, 0.25) is 11.8 Å². The summed E-state index contributed by atoms with van der Waals surface area (Å²) in [5.74, 6) is -0.310. The van der Waals surface area contributed by atoms with E-state index in [9.17, 15) is 9.59 Å². The maximum atomic E-state index is 12.1. The van der Waals surface area contributed by atoms with Crippen LogP contribution in [-0.2, 0) is 9.59 Å². The molecule has 0 saturated carbocycles. The molecule has 17 heavy (non-hydrogen) atoms. The molecule has 1 heterocycles. The van der Waals surface area contributed by atoms with E-state index in [-0.39, 0.29) is 42.2 Å². The monoisotopic (exact) mass is 263 g/mol. The van der Waals surface area contributed by atoms with E-state index < -0.39 is 0 Å². The van der Waals surface area contributed by atoms with Crippen molar-refractivity contribution in [1.29, 1.82) is 0 Å². The van der Waals surface area contributed by atoms with Crippen molar-refractivity contribution in [1.82, 2.24) is 10.2 Å². The molecule has 1 saturated heterocycles. The minimum Gasteiger partial charge on any atom is -0.353 e. The number of hydrogen-bond acceptors (Lipinski definition) is 3. The predicted octanol–water partition coefficient (Wildman–Crippen LogP) is 0.129. The molecule has 0 aromatic rings. The molecule has 3 N–H and O–H groups in total. The van der Waals surface area contributed by atoms with Crippen molar-refractivity contribution >= 4 is 24.2 Å². The number of piperazine rings is 1.